The molecule has 6 rings (SSSR count). The Balaban J connectivity index is 1.35. The molecule has 0 saturated carbocycles. The van der Waals surface area contributed by atoms with E-state index in [1.165, 1.54) is 55.3 Å². The minimum atomic E-state index is -4.63. The molecule has 2 atom stereocenters. The number of amides is 1. The molecule has 266 valence electrons. The molecular weight excluding hydrogens is 676 g/mol. The molecule has 0 bridgehead atoms. The molecule has 4 heterocycles. The average Bonchev–Trinajstić information content (AvgIpc) is 3.10. The molecule has 2 unspecified atom stereocenters. The maximum Gasteiger partial charge on any atom is 0.411 e. The monoisotopic (exact) mass is 708 g/mol. The van der Waals surface area contributed by atoms with E-state index >= 15 is 4.39 Å². The largest absolute Gasteiger partial charge is 0.464 e. The van der Waals surface area contributed by atoms with E-state index in [1.54, 1.807) is 25.1 Å². The standard InChI is InChI=1S/C35H32F4N6O6/c1-4-51-33(48)25(42-31(46)29-19(2)14-21(16-24(29)36)44-12-13-50-18-28(44)35(37,38)39)15-20-7-8-26(30-22(20)6-5-10-41-30)45-32(47)23-9-11-40-17-27(23)43(3)34(45)49/h5-11,14,16-17,25,28H,4,12-13,15,18H2,1-3H3,(H,42,46). The summed E-state index contributed by atoms with van der Waals surface area (Å²) < 4.78 is 69.2. The van der Waals surface area contributed by atoms with Crippen molar-refractivity contribution in [3.63, 3.8) is 0 Å². The van der Waals surface area contributed by atoms with E-state index in [9.17, 15) is 32.3 Å². The van der Waals surface area contributed by atoms with Crippen LogP contribution in [0.2, 0.25) is 0 Å². The molecule has 1 aliphatic rings. The van der Waals surface area contributed by atoms with Gasteiger partial charge in [0.2, 0.25) is 0 Å². The van der Waals surface area contributed by atoms with E-state index in [0.29, 0.717) is 16.5 Å². The van der Waals surface area contributed by atoms with Crippen LogP contribution in [0.1, 0.15) is 28.4 Å². The number of ether oxygens (including phenoxy) is 2. The van der Waals surface area contributed by atoms with Crippen LogP contribution in [0.4, 0.5) is 23.2 Å². The normalized spacial score (nSPS) is 15.6. The first kappa shape index (κ1) is 35.2. The summed E-state index contributed by atoms with van der Waals surface area (Å²) in [6.45, 7) is 2.19. The molecule has 0 aliphatic carbocycles. The molecule has 3 aromatic heterocycles. The number of halogens is 4. The van der Waals surface area contributed by atoms with Crippen LogP contribution in [0, 0.1) is 12.7 Å². The van der Waals surface area contributed by atoms with Gasteiger partial charge in [-0.1, -0.05) is 12.1 Å². The maximum absolute atomic E-state index is 15.6. The van der Waals surface area contributed by atoms with Crippen molar-refractivity contribution in [1.29, 1.82) is 0 Å². The summed E-state index contributed by atoms with van der Waals surface area (Å²) in [5, 5.41) is 3.25. The molecule has 51 heavy (non-hydrogen) atoms. The Kier molecular flexibility index (Phi) is 9.62. The number of carbonyl (C=O) groups is 2. The number of rotatable bonds is 8. The second kappa shape index (κ2) is 13.9. The van der Waals surface area contributed by atoms with Crippen LogP contribution in [0.25, 0.3) is 27.5 Å². The molecule has 1 fully saturated rings. The van der Waals surface area contributed by atoms with Crippen molar-refractivity contribution in [2.45, 2.75) is 38.5 Å². The van der Waals surface area contributed by atoms with Crippen LogP contribution < -0.4 is 21.5 Å². The van der Waals surface area contributed by atoms with E-state index in [-0.39, 0.29) is 54.0 Å². The second-order valence-corrected chi connectivity index (χ2v) is 11.9. The van der Waals surface area contributed by atoms with Crippen molar-refractivity contribution in [2.24, 2.45) is 7.05 Å². The summed E-state index contributed by atoms with van der Waals surface area (Å²) in [6, 6.07) is 6.70. The maximum atomic E-state index is 15.6. The smallest absolute Gasteiger partial charge is 0.411 e. The van der Waals surface area contributed by atoms with Gasteiger partial charge in [-0.05, 0) is 55.3 Å². The van der Waals surface area contributed by atoms with Gasteiger partial charge in [-0.15, -0.1) is 0 Å². The number of carbonyl (C=O) groups excluding carboxylic acids is 2. The highest BCUT2D eigenvalue weighted by molar-refractivity contribution is 5.99. The lowest BCUT2D eigenvalue weighted by Crippen LogP contribution is -2.53. The molecule has 1 saturated heterocycles. The number of morpholine rings is 1. The molecule has 12 nitrogen and oxygen atoms in total. The number of pyridine rings is 2. The number of fused-ring (bicyclic) bond motifs is 2. The van der Waals surface area contributed by atoms with Gasteiger partial charge in [-0.3, -0.25) is 24.1 Å². The van der Waals surface area contributed by atoms with Gasteiger partial charge >= 0.3 is 17.8 Å². The van der Waals surface area contributed by atoms with Crippen LogP contribution in [-0.2, 0) is 27.7 Å². The third-order valence-corrected chi connectivity index (χ3v) is 8.79. The molecule has 1 amide bonds. The van der Waals surface area contributed by atoms with Crippen LogP contribution in [0.5, 0.6) is 0 Å². The van der Waals surface area contributed by atoms with Crippen molar-refractivity contribution in [3.05, 3.63) is 104 Å². The van der Waals surface area contributed by atoms with Gasteiger partial charge in [0, 0.05) is 43.5 Å². The van der Waals surface area contributed by atoms with Crippen LogP contribution in [-0.4, -0.2) is 75.6 Å². The third kappa shape index (κ3) is 6.66. The number of anilines is 1. The first-order valence-electron chi connectivity index (χ1n) is 15.9. The molecule has 0 radical (unpaired) electrons. The highest BCUT2D eigenvalue weighted by atomic mass is 19.4. The van der Waals surface area contributed by atoms with Crippen molar-refractivity contribution in [1.82, 2.24) is 24.4 Å². The van der Waals surface area contributed by atoms with E-state index in [2.05, 4.69) is 15.3 Å². The number of esters is 1. The predicted molar refractivity (Wildman–Crippen MR) is 179 cm³/mol. The summed E-state index contributed by atoms with van der Waals surface area (Å²) in [5.74, 6) is -2.88. The van der Waals surface area contributed by atoms with Gasteiger partial charge in [0.1, 0.15) is 17.9 Å². The topological polar surface area (TPSA) is 138 Å². The number of hydrogen-bond acceptors (Lipinski definition) is 9. The van der Waals surface area contributed by atoms with Crippen LogP contribution >= 0.6 is 0 Å². The van der Waals surface area contributed by atoms with Crippen LogP contribution in [0.3, 0.4) is 0 Å². The molecule has 1 N–H and O–H groups in total. The van der Waals surface area contributed by atoms with Crippen molar-refractivity contribution >= 4 is 39.4 Å². The van der Waals surface area contributed by atoms with E-state index in [1.807, 2.05) is 0 Å². The zero-order valence-electron chi connectivity index (χ0n) is 27.7. The summed E-state index contributed by atoms with van der Waals surface area (Å²) in [5.41, 5.74) is -0.420. The number of nitrogens with zero attached hydrogens (tertiary/aromatic N) is 5. The Morgan fingerprint density at radius 2 is 1.90 bits per heavy atom. The van der Waals surface area contributed by atoms with Gasteiger partial charge in [0.25, 0.3) is 11.5 Å². The Labute approximate surface area is 287 Å². The zero-order valence-corrected chi connectivity index (χ0v) is 27.7. The van der Waals surface area contributed by atoms with Crippen molar-refractivity contribution in [3.8, 4) is 5.69 Å². The number of alkyl halides is 3. The minimum absolute atomic E-state index is 0.00918. The third-order valence-electron chi connectivity index (χ3n) is 8.79. The predicted octanol–water partition coefficient (Wildman–Crippen LogP) is 3.75. The summed E-state index contributed by atoms with van der Waals surface area (Å²) in [4.78, 5) is 63.2. The zero-order chi connectivity index (χ0) is 36.6. The average molecular weight is 709 g/mol. The van der Waals surface area contributed by atoms with Gasteiger partial charge in [-0.25, -0.2) is 18.5 Å². The van der Waals surface area contributed by atoms with Crippen LogP contribution in [0.15, 0.2) is 70.6 Å². The molecule has 0 spiro atoms. The molecule has 2 aromatic carbocycles. The Bertz CT molecular complexity index is 2270. The number of benzene rings is 2. The number of nitrogens with one attached hydrogen (secondary N) is 1. The lowest BCUT2D eigenvalue weighted by Gasteiger charge is -2.38. The Morgan fingerprint density at radius 1 is 1.12 bits per heavy atom. The van der Waals surface area contributed by atoms with E-state index in [0.717, 1.165) is 15.5 Å². The van der Waals surface area contributed by atoms with Gasteiger partial charge < -0.3 is 19.7 Å². The van der Waals surface area contributed by atoms with E-state index < -0.39 is 59.4 Å². The fourth-order valence-corrected chi connectivity index (χ4v) is 6.33. The fraction of sp³-hybridized carbons (Fsp3) is 0.314. The highest BCUT2D eigenvalue weighted by Gasteiger charge is 2.45. The number of aromatic nitrogens is 4. The lowest BCUT2D eigenvalue weighted by molar-refractivity contribution is -0.167. The summed E-state index contributed by atoms with van der Waals surface area (Å²) in [6.07, 6.45) is -0.464. The van der Waals surface area contributed by atoms with Gasteiger partial charge in [0.15, 0.2) is 0 Å². The van der Waals surface area contributed by atoms with E-state index in [4.69, 9.17) is 9.47 Å². The fourth-order valence-electron chi connectivity index (χ4n) is 6.33. The molecule has 5 aromatic rings. The van der Waals surface area contributed by atoms with Gasteiger partial charge in [0.05, 0.1) is 53.7 Å². The Morgan fingerprint density at radius 3 is 2.63 bits per heavy atom. The number of hydrogen-bond donors (Lipinski definition) is 1. The van der Waals surface area contributed by atoms with Crippen molar-refractivity contribution < 1.29 is 36.6 Å². The summed E-state index contributed by atoms with van der Waals surface area (Å²) >= 11 is 0. The molecule has 16 heteroatoms. The SMILES string of the molecule is CCOC(=O)C(Cc1ccc(-n2c(=O)c3ccncc3n(C)c2=O)c2ncccc12)NC(=O)c1c(C)cc(N2CCOCC2C(F)(F)F)cc1F. The summed E-state index contributed by atoms with van der Waals surface area (Å²) in [7, 11) is 1.51. The lowest BCUT2D eigenvalue weighted by atomic mass is 9.99. The second-order valence-electron chi connectivity index (χ2n) is 11.9. The van der Waals surface area contributed by atoms with Gasteiger partial charge in [-0.2, -0.15) is 13.2 Å². The first-order chi connectivity index (χ1) is 24.3. The minimum Gasteiger partial charge on any atom is -0.464 e. The highest BCUT2D eigenvalue weighted by Crippen LogP contribution is 2.33. The molecular formula is C35H32F4N6O6. The molecule has 1 aliphatic heterocycles. The Hall–Kier alpha value is -5.64. The van der Waals surface area contributed by atoms with Crippen molar-refractivity contribution in [2.75, 3.05) is 31.3 Å². The number of aryl methyl sites for hydroxylation is 2. The first-order valence-corrected chi connectivity index (χ1v) is 15.9. The quantitative estimate of drug-likeness (QED) is 0.189.